The van der Waals surface area contributed by atoms with Crippen molar-refractivity contribution < 1.29 is 14.3 Å². The number of hydrogen-bond donors (Lipinski definition) is 1. The summed E-state index contributed by atoms with van der Waals surface area (Å²) in [5, 5.41) is 2.78. The molecule has 0 unspecified atom stereocenters. The topological polar surface area (TPSA) is 89.8 Å². The van der Waals surface area contributed by atoms with Crippen LogP contribution in [-0.4, -0.2) is 32.8 Å². The molecule has 0 radical (unpaired) electrons. The molecule has 0 atom stereocenters. The maximum absolute atomic E-state index is 12.1. The molecular formula is C21H21N3O4S. The van der Waals surface area contributed by atoms with E-state index in [0.29, 0.717) is 11.3 Å². The highest BCUT2D eigenvalue weighted by Gasteiger charge is 2.09. The minimum Gasteiger partial charge on any atom is -0.459 e. The third-order valence-corrected chi connectivity index (χ3v) is 4.90. The molecule has 8 heteroatoms. The van der Waals surface area contributed by atoms with Crippen LogP contribution in [0.5, 0.6) is 0 Å². The van der Waals surface area contributed by atoms with Crippen LogP contribution in [0.2, 0.25) is 0 Å². The van der Waals surface area contributed by atoms with Crippen LogP contribution in [0.3, 0.4) is 0 Å². The number of rotatable bonds is 7. The van der Waals surface area contributed by atoms with Gasteiger partial charge in [-0.05, 0) is 43.2 Å². The second kappa shape index (κ2) is 9.38. The van der Waals surface area contributed by atoms with Gasteiger partial charge in [0.1, 0.15) is 12.3 Å². The molecule has 0 aliphatic rings. The van der Waals surface area contributed by atoms with Gasteiger partial charge in [-0.25, -0.2) is 4.98 Å². The summed E-state index contributed by atoms with van der Waals surface area (Å²) in [5.41, 5.74) is 3.37. The van der Waals surface area contributed by atoms with Crippen molar-refractivity contribution in [2.75, 3.05) is 16.8 Å². The second-order valence-electron chi connectivity index (χ2n) is 6.59. The number of hydrogen-bond acceptors (Lipinski definition) is 6. The van der Waals surface area contributed by atoms with E-state index in [1.54, 1.807) is 12.3 Å². The summed E-state index contributed by atoms with van der Waals surface area (Å²) in [6.45, 7) is 3.75. The number of anilines is 1. The number of thioether (sulfide) groups is 1. The van der Waals surface area contributed by atoms with Gasteiger partial charge < -0.3 is 10.1 Å². The number of carbonyl (C=O) groups excluding carboxylic acids is 2. The fourth-order valence-electron chi connectivity index (χ4n) is 2.68. The van der Waals surface area contributed by atoms with Crippen molar-refractivity contribution in [3.8, 4) is 0 Å². The Bertz CT molecular complexity index is 1110. The molecule has 0 aliphatic carbocycles. The van der Waals surface area contributed by atoms with E-state index in [2.05, 4.69) is 10.3 Å². The molecule has 150 valence electrons. The number of benzene rings is 1. The van der Waals surface area contributed by atoms with Gasteiger partial charge in [0.25, 0.3) is 5.56 Å². The minimum absolute atomic E-state index is 0.0347. The van der Waals surface area contributed by atoms with E-state index in [4.69, 9.17) is 4.74 Å². The molecule has 0 spiro atoms. The van der Waals surface area contributed by atoms with Gasteiger partial charge in [-0.15, -0.1) is 11.8 Å². The fourth-order valence-corrected chi connectivity index (χ4v) is 3.28. The van der Waals surface area contributed by atoms with Crippen LogP contribution in [0.15, 0.2) is 53.5 Å². The second-order valence-corrected chi connectivity index (χ2v) is 7.58. The lowest BCUT2D eigenvalue weighted by molar-refractivity contribution is -0.141. The number of fused-ring (bicyclic) bond motifs is 1. The number of pyridine rings is 1. The Balaban J connectivity index is 1.45. The summed E-state index contributed by atoms with van der Waals surface area (Å²) in [4.78, 5) is 40.3. The van der Waals surface area contributed by atoms with E-state index < -0.39 is 5.97 Å². The zero-order valence-corrected chi connectivity index (χ0v) is 17.0. The van der Waals surface area contributed by atoms with Crippen LogP contribution >= 0.6 is 11.8 Å². The molecule has 2 heterocycles. The van der Waals surface area contributed by atoms with E-state index in [0.717, 1.165) is 28.6 Å². The number of amides is 1. The van der Waals surface area contributed by atoms with Crippen LogP contribution in [0.4, 0.5) is 5.69 Å². The molecule has 1 amide bonds. The van der Waals surface area contributed by atoms with Gasteiger partial charge in [0, 0.05) is 18.0 Å². The zero-order chi connectivity index (χ0) is 20.8. The lowest BCUT2D eigenvalue weighted by Gasteiger charge is -2.07. The SMILES string of the molecule is Cc1cccc(NC(=O)CSCC(=O)OCc2cc(=O)n3cc(C)ccc3n2)c1. The van der Waals surface area contributed by atoms with Crippen LogP contribution in [0.25, 0.3) is 5.65 Å². The van der Waals surface area contributed by atoms with Crippen molar-refractivity contribution >= 4 is 35.0 Å². The zero-order valence-electron chi connectivity index (χ0n) is 16.2. The van der Waals surface area contributed by atoms with Crippen LogP contribution in [0.1, 0.15) is 16.8 Å². The van der Waals surface area contributed by atoms with Gasteiger partial charge >= 0.3 is 5.97 Å². The summed E-state index contributed by atoms with van der Waals surface area (Å²) < 4.78 is 6.62. The third-order valence-electron chi connectivity index (χ3n) is 4.00. The molecule has 1 N–H and O–H groups in total. The Kier molecular flexibility index (Phi) is 6.66. The third kappa shape index (κ3) is 5.92. The predicted octanol–water partition coefficient (Wildman–Crippen LogP) is 2.73. The molecule has 3 aromatic rings. The number of carbonyl (C=O) groups is 2. The Morgan fingerprint density at radius 2 is 1.93 bits per heavy atom. The molecule has 0 saturated heterocycles. The number of ether oxygens (including phenoxy) is 1. The van der Waals surface area contributed by atoms with Gasteiger partial charge in [-0.1, -0.05) is 18.2 Å². The molecule has 1 aromatic carbocycles. The Labute approximate surface area is 172 Å². The summed E-state index contributed by atoms with van der Waals surface area (Å²) in [7, 11) is 0. The lowest BCUT2D eigenvalue weighted by Crippen LogP contribution is -2.18. The number of aryl methyl sites for hydroxylation is 2. The molecule has 0 bridgehead atoms. The standard InChI is InChI=1S/C21H21N3O4S/c1-14-4-3-5-16(8-14)23-19(25)12-29-13-21(27)28-11-17-9-20(26)24-10-15(2)6-7-18(24)22-17/h3-10H,11-13H2,1-2H3,(H,23,25). The number of esters is 1. The van der Waals surface area contributed by atoms with Crippen LogP contribution in [-0.2, 0) is 20.9 Å². The van der Waals surface area contributed by atoms with Gasteiger partial charge in [0.15, 0.2) is 0 Å². The highest BCUT2D eigenvalue weighted by Crippen LogP contribution is 2.11. The molecule has 3 rings (SSSR count). The quantitative estimate of drug-likeness (QED) is 0.602. The Morgan fingerprint density at radius 3 is 2.72 bits per heavy atom. The molecule has 0 saturated carbocycles. The van der Waals surface area contributed by atoms with Crippen LogP contribution < -0.4 is 10.9 Å². The number of nitrogens with zero attached hydrogens (tertiary/aromatic N) is 2. The van der Waals surface area contributed by atoms with E-state index in [-0.39, 0.29) is 29.6 Å². The molecule has 0 aliphatic heterocycles. The van der Waals surface area contributed by atoms with Gasteiger partial charge in [0.2, 0.25) is 5.91 Å². The highest BCUT2D eigenvalue weighted by molar-refractivity contribution is 8.00. The van der Waals surface area contributed by atoms with Crippen molar-refractivity contribution in [1.29, 1.82) is 0 Å². The molecular weight excluding hydrogens is 390 g/mol. The summed E-state index contributed by atoms with van der Waals surface area (Å²) in [6, 6.07) is 12.4. The predicted molar refractivity (Wildman–Crippen MR) is 113 cm³/mol. The number of aromatic nitrogens is 2. The molecule has 2 aromatic heterocycles. The highest BCUT2D eigenvalue weighted by atomic mass is 32.2. The first-order chi connectivity index (χ1) is 13.9. The monoisotopic (exact) mass is 411 g/mol. The number of nitrogens with one attached hydrogen (secondary N) is 1. The van der Waals surface area contributed by atoms with Gasteiger partial charge in [-0.2, -0.15) is 0 Å². The first kappa shape index (κ1) is 20.6. The molecule has 0 fully saturated rings. The van der Waals surface area contributed by atoms with Gasteiger partial charge in [-0.3, -0.25) is 18.8 Å². The smallest absolute Gasteiger partial charge is 0.316 e. The summed E-state index contributed by atoms with van der Waals surface area (Å²) >= 11 is 1.16. The van der Waals surface area contributed by atoms with Crippen LogP contribution in [0, 0.1) is 13.8 Å². The summed E-state index contributed by atoms with van der Waals surface area (Å²) in [6.07, 6.45) is 1.71. The Hall–Kier alpha value is -3.13. The summed E-state index contributed by atoms with van der Waals surface area (Å²) in [5.74, 6) is -0.484. The van der Waals surface area contributed by atoms with E-state index in [1.165, 1.54) is 10.5 Å². The van der Waals surface area contributed by atoms with Crippen molar-refractivity contribution in [3.05, 3.63) is 75.8 Å². The van der Waals surface area contributed by atoms with E-state index in [1.807, 2.05) is 44.2 Å². The normalized spacial score (nSPS) is 10.7. The fraction of sp³-hybridized carbons (Fsp3) is 0.238. The first-order valence-electron chi connectivity index (χ1n) is 8.99. The maximum Gasteiger partial charge on any atom is 0.316 e. The minimum atomic E-state index is -0.468. The largest absolute Gasteiger partial charge is 0.459 e. The van der Waals surface area contributed by atoms with Crippen molar-refractivity contribution in [2.24, 2.45) is 0 Å². The van der Waals surface area contributed by atoms with E-state index >= 15 is 0 Å². The Morgan fingerprint density at radius 1 is 1.10 bits per heavy atom. The molecule has 29 heavy (non-hydrogen) atoms. The van der Waals surface area contributed by atoms with Gasteiger partial charge in [0.05, 0.1) is 17.2 Å². The van der Waals surface area contributed by atoms with Crippen molar-refractivity contribution in [2.45, 2.75) is 20.5 Å². The maximum atomic E-state index is 12.1. The average Bonchev–Trinajstić information content (AvgIpc) is 2.67. The van der Waals surface area contributed by atoms with E-state index in [9.17, 15) is 14.4 Å². The molecule has 7 nitrogen and oxygen atoms in total. The van der Waals surface area contributed by atoms with Crippen molar-refractivity contribution in [3.63, 3.8) is 0 Å². The average molecular weight is 411 g/mol. The lowest BCUT2D eigenvalue weighted by atomic mass is 10.2. The first-order valence-corrected chi connectivity index (χ1v) is 10.1. The van der Waals surface area contributed by atoms with Crippen molar-refractivity contribution in [1.82, 2.24) is 9.38 Å².